The van der Waals surface area contributed by atoms with Gasteiger partial charge < -0.3 is 5.32 Å². The van der Waals surface area contributed by atoms with Crippen LogP contribution in [0, 0.1) is 13.8 Å². The van der Waals surface area contributed by atoms with Crippen molar-refractivity contribution in [2.75, 3.05) is 5.32 Å². The van der Waals surface area contributed by atoms with Gasteiger partial charge in [0, 0.05) is 11.9 Å². The van der Waals surface area contributed by atoms with Crippen molar-refractivity contribution in [2.45, 2.75) is 20.4 Å². The number of aryl methyl sites for hydroxylation is 2. The van der Waals surface area contributed by atoms with Gasteiger partial charge in [0.25, 0.3) is 0 Å². The van der Waals surface area contributed by atoms with Gasteiger partial charge in [0.05, 0.1) is 24.6 Å². The summed E-state index contributed by atoms with van der Waals surface area (Å²) in [6.45, 7) is 4.96. The largest absolute Gasteiger partial charge is 0.379 e. The third-order valence-electron chi connectivity index (χ3n) is 3.42. The molecule has 0 aliphatic rings. The van der Waals surface area contributed by atoms with Gasteiger partial charge in [-0.3, -0.25) is 4.40 Å². The van der Waals surface area contributed by atoms with Gasteiger partial charge >= 0.3 is 0 Å². The van der Waals surface area contributed by atoms with Crippen molar-refractivity contribution in [3.63, 3.8) is 0 Å². The Morgan fingerprint density at radius 3 is 2.80 bits per heavy atom. The first kappa shape index (κ1) is 13.1. The highest BCUT2D eigenvalue weighted by Gasteiger charge is 2.04. The van der Waals surface area contributed by atoms with Crippen LogP contribution in [-0.2, 0) is 6.54 Å². The number of halogens is 1. The number of anilines is 1. The smallest absolute Gasteiger partial charge is 0.155 e. The quantitative estimate of drug-likeness (QED) is 0.795. The first-order valence-corrected chi connectivity index (χ1v) is 7.21. The summed E-state index contributed by atoms with van der Waals surface area (Å²) >= 11 is 3.38. The van der Waals surface area contributed by atoms with Gasteiger partial charge in [-0.25, -0.2) is 9.97 Å². The minimum atomic E-state index is 0.722. The van der Waals surface area contributed by atoms with E-state index in [0.29, 0.717) is 0 Å². The van der Waals surface area contributed by atoms with Crippen LogP contribution in [0.4, 0.5) is 5.69 Å². The molecule has 2 aromatic heterocycles. The van der Waals surface area contributed by atoms with Crippen LogP contribution in [-0.4, -0.2) is 14.4 Å². The molecule has 0 saturated heterocycles. The SMILES string of the molecule is Cc1ccc(NCc2cnc3cnc(Br)cn23)cc1C. The predicted molar refractivity (Wildman–Crippen MR) is 83.9 cm³/mol. The molecule has 0 unspecified atom stereocenters. The number of hydrogen-bond acceptors (Lipinski definition) is 3. The average molecular weight is 331 g/mol. The molecule has 0 atom stereocenters. The van der Waals surface area contributed by atoms with E-state index in [1.165, 1.54) is 11.1 Å². The highest BCUT2D eigenvalue weighted by Crippen LogP contribution is 2.16. The Morgan fingerprint density at radius 1 is 1.15 bits per heavy atom. The van der Waals surface area contributed by atoms with E-state index < -0.39 is 0 Å². The number of hydrogen-bond donors (Lipinski definition) is 1. The monoisotopic (exact) mass is 330 g/mol. The molecule has 0 radical (unpaired) electrons. The summed E-state index contributed by atoms with van der Waals surface area (Å²) < 4.78 is 2.83. The Morgan fingerprint density at radius 2 is 2.00 bits per heavy atom. The lowest BCUT2D eigenvalue weighted by Crippen LogP contribution is -2.03. The summed E-state index contributed by atoms with van der Waals surface area (Å²) in [6, 6.07) is 6.39. The molecule has 2 heterocycles. The highest BCUT2D eigenvalue weighted by molar-refractivity contribution is 9.10. The Kier molecular flexibility index (Phi) is 3.44. The van der Waals surface area contributed by atoms with Gasteiger partial charge in [0.15, 0.2) is 5.65 Å². The van der Waals surface area contributed by atoms with Crippen LogP contribution in [0.3, 0.4) is 0 Å². The lowest BCUT2D eigenvalue weighted by Gasteiger charge is -2.08. The maximum Gasteiger partial charge on any atom is 0.155 e. The molecule has 3 rings (SSSR count). The van der Waals surface area contributed by atoms with E-state index in [2.05, 4.69) is 63.3 Å². The van der Waals surface area contributed by atoms with Crippen molar-refractivity contribution in [1.82, 2.24) is 14.4 Å². The van der Waals surface area contributed by atoms with Crippen LogP contribution in [0.1, 0.15) is 16.8 Å². The third-order valence-corrected chi connectivity index (χ3v) is 3.83. The normalized spacial score (nSPS) is 10.9. The molecule has 3 aromatic rings. The minimum Gasteiger partial charge on any atom is -0.379 e. The number of nitrogens with zero attached hydrogens (tertiary/aromatic N) is 3. The van der Waals surface area contributed by atoms with E-state index in [-0.39, 0.29) is 0 Å². The standard InChI is InChI=1S/C15H15BrN4/c1-10-3-4-12(5-11(10)2)17-6-13-7-19-15-8-18-14(16)9-20(13)15/h3-5,7-9,17H,6H2,1-2H3. The number of rotatable bonds is 3. The zero-order chi connectivity index (χ0) is 14.1. The van der Waals surface area contributed by atoms with Crippen molar-refractivity contribution in [2.24, 2.45) is 0 Å². The van der Waals surface area contributed by atoms with Crippen LogP contribution in [0.15, 0.2) is 41.4 Å². The molecule has 0 saturated carbocycles. The van der Waals surface area contributed by atoms with Crippen molar-refractivity contribution in [1.29, 1.82) is 0 Å². The zero-order valence-electron chi connectivity index (χ0n) is 11.4. The molecule has 4 nitrogen and oxygen atoms in total. The Hall–Kier alpha value is -1.88. The maximum atomic E-state index is 4.34. The fraction of sp³-hybridized carbons (Fsp3) is 0.200. The zero-order valence-corrected chi connectivity index (χ0v) is 13.0. The summed E-state index contributed by atoms with van der Waals surface area (Å²) in [7, 11) is 0. The van der Waals surface area contributed by atoms with Crippen LogP contribution in [0.5, 0.6) is 0 Å². The molecule has 1 aromatic carbocycles. The van der Waals surface area contributed by atoms with Crippen LogP contribution >= 0.6 is 15.9 Å². The summed E-state index contributed by atoms with van der Waals surface area (Å²) in [5, 5.41) is 3.43. The molecular formula is C15H15BrN4. The fourth-order valence-electron chi connectivity index (χ4n) is 2.09. The molecule has 0 aliphatic carbocycles. The Labute approximate surface area is 126 Å². The fourth-order valence-corrected chi connectivity index (χ4v) is 2.40. The van der Waals surface area contributed by atoms with Crippen molar-refractivity contribution < 1.29 is 0 Å². The van der Waals surface area contributed by atoms with E-state index in [1.54, 1.807) is 6.20 Å². The molecular weight excluding hydrogens is 316 g/mol. The third kappa shape index (κ3) is 2.54. The first-order valence-electron chi connectivity index (χ1n) is 6.42. The average Bonchev–Trinajstić information content (AvgIpc) is 2.82. The molecule has 5 heteroatoms. The second kappa shape index (κ2) is 5.25. The molecule has 0 bridgehead atoms. The van der Waals surface area contributed by atoms with E-state index in [4.69, 9.17) is 0 Å². The second-order valence-corrected chi connectivity index (χ2v) is 5.65. The Bertz CT molecular complexity index is 764. The van der Waals surface area contributed by atoms with Gasteiger partial charge in [-0.1, -0.05) is 6.07 Å². The van der Waals surface area contributed by atoms with Gasteiger partial charge in [0.1, 0.15) is 4.60 Å². The number of aromatic nitrogens is 3. The summed E-state index contributed by atoms with van der Waals surface area (Å²) in [5.74, 6) is 0. The van der Waals surface area contributed by atoms with Gasteiger partial charge in [0.2, 0.25) is 0 Å². The summed E-state index contributed by atoms with van der Waals surface area (Å²) in [4.78, 5) is 8.52. The summed E-state index contributed by atoms with van der Waals surface area (Å²) in [6.07, 6.45) is 5.56. The van der Waals surface area contributed by atoms with E-state index >= 15 is 0 Å². The van der Waals surface area contributed by atoms with E-state index in [9.17, 15) is 0 Å². The Balaban J connectivity index is 1.83. The van der Waals surface area contributed by atoms with Crippen molar-refractivity contribution in [3.05, 3.63) is 58.2 Å². The van der Waals surface area contributed by atoms with Crippen molar-refractivity contribution in [3.8, 4) is 0 Å². The van der Waals surface area contributed by atoms with E-state index in [1.807, 2.05) is 16.8 Å². The molecule has 102 valence electrons. The maximum absolute atomic E-state index is 4.34. The first-order chi connectivity index (χ1) is 9.63. The summed E-state index contributed by atoms with van der Waals surface area (Å²) in [5.41, 5.74) is 5.67. The van der Waals surface area contributed by atoms with Gasteiger partial charge in [-0.15, -0.1) is 0 Å². The lowest BCUT2D eigenvalue weighted by atomic mass is 10.1. The number of benzene rings is 1. The molecule has 0 spiro atoms. The number of fused-ring (bicyclic) bond motifs is 1. The number of nitrogens with one attached hydrogen (secondary N) is 1. The highest BCUT2D eigenvalue weighted by atomic mass is 79.9. The van der Waals surface area contributed by atoms with Gasteiger partial charge in [-0.05, 0) is 53.0 Å². The molecule has 1 N–H and O–H groups in total. The topological polar surface area (TPSA) is 42.2 Å². The van der Waals surface area contributed by atoms with Crippen molar-refractivity contribution >= 4 is 27.3 Å². The second-order valence-electron chi connectivity index (χ2n) is 4.84. The number of imidazole rings is 1. The molecule has 0 aliphatic heterocycles. The van der Waals surface area contributed by atoms with Crippen LogP contribution in [0.2, 0.25) is 0 Å². The molecule has 20 heavy (non-hydrogen) atoms. The predicted octanol–water partition coefficient (Wildman–Crippen LogP) is 3.72. The van der Waals surface area contributed by atoms with E-state index in [0.717, 1.165) is 28.2 Å². The van der Waals surface area contributed by atoms with Crippen LogP contribution < -0.4 is 5.32 Å². The minimum absolute atomic E-state index is 0.722. The van der Waals surface area contributed by atoms with Crippen LogP contribution in [0.25, 0.3) is 5.65 Å². The molecule has 0 amide bonds. The van der Waals surface area contributed by atoms with Gasteiger partial charge in [-0.2, -0.15) is 0 Å². The lowest BCUT2D eigenvalue weighted by molar-refractivity contribution is 0.983. The molecule has 0 fully saturated rings.